The van der Waals surface area contributed by atoms with Crippen LogP contribution >= 0.6 is 0 Å². The number of nitrogens with zero attached hydrogens (tertiary/aromatic N) is 3. The first kappa shape index (κ1) is 20.8. The molecule has 5 rings (SSSR count). The van der Waals surface area contributed by atoms with E-state index in [0.29, 0.717) is 23.7 Å². The van der Waals surface area contributed by atoms with E-state index in [1.807, 2.05) is 67.7 Å². The van der Waals surface area contributed by atoms with E-state index in [1.54, 1.807) is 0 Å². The molecule has 1 amide bonds. The van der Waals surface area contributed by atoms with Crippen molar-refractivity contribution < 1.29 is 4.79 Å². The van der Waals surface area contributed by atoms with Crippen LogP contribution < -0.4 is 21.3 Å². The average Bonchev–Trinajstić information content (AvgIpc) is 3.23. The van der Waals surface area contributed by atoms with E-state index in [9.17, 15) is 4.79 Å². The number of carbonyl (C=O) groups excluding carboxylic acids is 1. The Morgan fingerprint density at radius 3 is 2.76 bits per heavy atom. The Balaban J connectivity index is 1.40. The molecule has 168 valence electrons. The number of aromatic amines is 1. The fourth-order valence-electron chi connectivity index (χ4n) is 4.39. The molecule has 0 unspecified atom stereocenters. The summed E-state index contributed by atoms with van der Waals surface area (Å²) in [5.41, 5.74) is 10.7. The van der Waals surface area contributed by atoms with Gasteiger partial charge in [0.25, 0.3) is 5.91 Å². The minimum Gasteiger partial charge on any atom is -0.382 e. The number of benzene rings is 2. The first-order valence-corrected chi connectivity index (χ1v) is 11.2. The second kappa shape index (κ2) is 8.82. The molecule has 4 aromatic rings. The van der Waals surface area contributed by atoms with Crippen LogP contribution in [0.3, 0.4) is 0 Å². The number of nitrogens with two attached hydrogens (primary N) is 1. The van der Waals surface area contributed by atoms with Crippen molar-refractivity contribution in [2.45, 2.75) is 25.8 Å². The molecular weight excluding hydrogens is 414 g/mol. The lowest BCUT2D eigenvalue weighted by Gasteiger charge is -2.35. The minimum absolute atomic E-state index is 0.0411. The second-order valence-corrected chi connectivity index (χ2v) is 8.42. The number of aryl methyl sites for hydroxylation is 1. The number of para-hydroxylation sites is 1. The van der Waals surface area contributed by atoms with Crippen molar-refractivity contribution >= 4 is 39.8 Å². The van der Waals surface area contributed by atoms with Gasteiger partial charge in [-0.1, -0.05) is 36.4 Å². The lowest BCUT2D eigenvalue weighted by atomic mass is 10.0. The highest BCUT2D eigenvalue weighted by molar-refractivity contribution is 6.05. The molecule has 0 aliphatic carbocycles. The summed E-state index contributed by atoms with van der Waals surface area (Å²) in [6.45, 7) is 3.60. The number of rotatable bonds is 5. The highest BCUT2D eigenvalue weighted by Gasteiger charge is 2.25. The van der Waals surface area contributed by atoms with Crippen molar-refractivity contribution in [1.29, 1.82) is 0 Å². The van der Waals surface area contributed by atoms with Gasteiger partial charge in [0.15, 0.2) is 11.6 Å². The van der Waals surface area contributed by atoms with Gasteiger partial charge in [0.2, 0.25) is 0 Å². The Morgan fingerprint density at radius 1 is 1.15 bits per heavy atom. The molecule has 8 nitrogen and oxygen atoms in total. The van der Waals surface area contributed by atoms with Crippen LogP contribution in [0.4, 0.5) is 23.0 Å². The first-order valence-electron chi connectivity index (χ1n) is 11.2. The maximum absolute atomic E-state index is 12.6. The zero-order valence-electron chi connectivity index (χ0n) is 18.5. The molecule has 0 spiro atoms. The maximum Gasteiger partial charge on any atom is 0.251 e. The molecule has 1 fully saturated rings. The molecule has 8 heteroatoms. The Hall–Kier alpha value is -4.07. The summed E-state index contributed by atoms with van der Waals surface area (Å²) >= 11 is 0. The summed E-state index contributed by atoms with van der Waals surface area (Å²) in [5, 5.41) is 14.7. The smallest absolute Gasteiger partial charge is 0.251 e. The van der Waals surface area contributed by atoms with E-state index in [0.717, 1.165) is 47.2 Å². The van der Waals surface area contributed by atoms with Gasteiger partial charge in [-0.05, 0) is 43.5 Å². The number of anilines is 4. The van der Waals surface area contributed by atoms with Crippen LogP contribution in [0.1, 0.15) is 28.8 Å². The second-order valence-electron chi connectivity index (χ2n) is 8.42. The first-order chi connectivity index (χ1) is 16.1. The summed E-state index contributed by atoms with van der Waals surface area (Å²) in [5.74, 6) is 1.06. The molecule has 2 aromatic carbocycles. The van der Waals surface area contributed by atoms with E-state index < -0.39 is 0 Å². The Labute approximate surface area is 192 Å². The van der Waals surface area contributed by atoms with Crippen LogP contribution in [0.5, 0.6) is 0 Å². The predicted octanol–water partition coefficient (Wildman–Crippen LogP) is 3.99. The molecule has 0 radical (unpaired) electrons. The Morgan fingerprint density at radius 2 is 1.94 bits per heavy atom. The van der Waals surface area contributed by atoms with Gasteiger partial charge in [0.05, 0.1) is 17.3 Å². The number of hydrogen-bond acceptors (Lipinski definition) is 6. The van der Waals surface area contributed by atoms with Crippen LogP contribution in [-0.2, 0) is 0 Å². The monoisotopic (exact) mass is 441 g/mol. The van der Waals surface area contributed by atoms with E-state index in [-0.39, 0.29) is 11.9 Å². The third kappa shape index (κ3) is 4.19. The largest absolute Gasteiger partial charge is 0.382 e. The fourth-order valence-corrected chi connectivity index (χ4v) is 4.39. The standard InChI is InChI=1S/C25H27N7O/c1-16-8-5-6-12-19(16)29-24-22-21(23(26)31-30-22)20(14-27-24)32-13-7-11-18(15-32)28-25(33)17-9-3-2-4-10-17/h2-6,8-10,12,14,18H,7,11,13,15H2,1H3,(H,27,29)(H,28,33)(H3,26,30,31)/t18-/m1/s1. The highest BCUT2D eigenvalue weighted by atomic mass is 16.1. The van der Waals surface area contributed by atoms with Crippen LogP contribution in [0.2, 0.25) is 0 Å². The van der Waals surface area contributed by atoms with Crippen molar-refractivity contribution in [3.05, 3.63) is 71.9 Å². The van der Waals surface area contributed by atoms with Gasteiger partial charge in [0.1, 0.15) is 5.52 Å². The zero-order chi connectivity index (χ0) is 22.8. The molecular formula is C25H27N7O. The van der Waals surface area contributed by atoms with Crippen LogP contribution in [0.15, 0.2) is 60.8 Å². The van der Waals surface area contributed by atoms with Crippen LogP contribution in [0, 0.1) is 6.92 Å². The van der Waals surface area contributed by atoms with Crippen LogP contribution in [0.25, 0.3) is 10.9 Å². The zero-order valence-corrected chi connectivity index (χ0v) is 18.5. The molecule has 0 bridgehead atoms. The molecule has 1 atom stereocenters. The van der Waals surface area contributed by atoms with Gasteiger partial charge in [-0.3, -0.25) is 9.89 Å². The Bertz CT molecular complexity index is 1280. The summed E-state index contributed by atoms with van der Waals surface area (Å²) in [7, 11) is 0. The number of nitrogen functional groups attached to an aromatic ring is 1. The number of amides is 1. The van der Waals surface area contributed by atoms with Crippen molar-refractivity contribution in [2.75, 3.05) is 29.0 Å². The highest BCUT2D eigenvalue weighted by Crippen LogP contribution is 2.35. The fraction of sp³-hybridized carbons (Fsp3) is 0.240. The predicted molar refractivity (Wildman–Crippen MR) is 132 cm³/mol. The van der Waals surface area contributed by atoms with E-state index in [1.165, 1.54) is 0 Å². The number of H-pyrrole nitrogens is 1. The minimum atomic E-state index is -0.0497. The number of piperidine rings is 1. The van der Waals surface area contributed by atoms with Crippen molar-refractivity contribution in [3.63, 3.8) is 0 Å². The summed E-state index contributed by atoms with van der Waals surface area (Å²) in [6.07, 6.45) is 3.73. The number of nitrogens with one attached hydrogen (secondary N) is 3. The van der Waals surface area contributed by atoms with E-state index in [2.05, 4.69) is 25.7 Å². The maximum atomic E-state index is 12.6. The molecule has 5 N–H and O–H groups in total. The average molecular weight is 442 g/mol. The Kier molecular flexibility index (Phi) is 5.56. The van der Waals surface area contributed by atoms with Gasteiger partial charge in [-0.2, -0.15) is 5.10 Å². The molecule has 33 heavy (non-hydrogen) atoms. The quantitative estimate of drug-likeness (QED) is 0.373. The van der Waals surface area contributed by atoms with Gasteiger partial charge < -0.3 is 21.3 Å². The summed E-state index contributed by atoms with van der Waals surface area (Å²) in [6, 6.07) is 17.4. The van der Waals surface area contributed by atoms with Crippen molar-refractivity contribution in [2.24, 2.45) is 0 Å². The van der Waals surface area contributed by atoms with E-state index >= 15 is 0 Å². The number of carbonyl (C=O) groups is 1. The molecule has 0 saturated carbocycles. The van der Waals surface area contributed by atoms with Crippen molar-refractivity contribution in [3.8, 4) is 0 Å². The van der Waals surface area contributed by atoms with Gasteiger partial charge in [-0.15, -0.1) is 0 Å². The van der Waals surface area contributed by atoms with E-state index in [4.69, 9.17) is 10.7 Å². The van der Waals surface area contributed by atoms with Gasteiger partial charge in [0, 0.05) is 30.4 Å². The topological polar surface area (TPSA) is 112 Å². The molecule has 1 aliphatic rings. The molecule has 3 heterocycles. The lowest BCUT2D eigenvalue weighted by Crippen LogP contribution is -2.48. The number of aromatic nitrogens is 3. The van der Waals surface area contributed by atoms with Crippen LogP contribution in [-0.4, -0.2) is 40.2 Å². The number of hydrogen-bond donors (Lipinski definition) is 4. The normalized spacial score (nSPS) is 16.0. The summed E-state index contributed by atoms with van der Waals surface area (Å²) < 4.78 is 0. The van der Waals surface area contributed by atoms with Gasteiger partial charge >= 0.3 is 0 Å². The van der Waals surface area contributed by atoms with Crippen molar-refractivity contribution in [1.82, 2.24) is 20.5 Å². The SMILES string of the molecule is Cc1ccccc1Nc1ncc(N2CCC[C@@H](NC(=O)c3ccccc3)C2)c2c(N)n[nH]c12. The molecule has 2 aromatic heterocycles. The third-order valence-corrected chi connectivity index (χ3v) is 6.13. The number of pyridine rings is 1. The lowest BCUT2D eigenvalue weighted by molar-refractivity contribution is 0.0933. The summed E-state index contributed by atoms with van der Waals surface area (Å²) in [4.78, 5) is 19.6. The molecule has 1 aliphatic heterocycles. The number of fused-ring (bicyclic) bond motifs is 1. The van der Waals surface area contributed by atoms with Gasteiger partial charge in [-0.25, -0.2) is 4.98 Å². The molecule has 1 saturated heterocycles. The third-order valence-electron chi connectivity index (χ3n) is 6.13.